The van der Waals surface area contributed by atoms with Crippen LogP contribution in [0.4, 0.5) is 10.1 Å². The Morgan fingerprint density at radius 2 is 2.11 bits per heavy atom. The van der Waals surface area contributed by atoms with Crippen LogP contribution in [0.25, 0.3) is 0 Å². The third-order valence-corrected chi connectivity index (χ3v) is 2.67. The SMILES string of the molecule is CC(C)(C)COc1ccc(NCC(O)CCl)cc1F. The molecule has 1 rings (SSSR count). The van der Waals surface area contributed by atoms with Crippen molar-refractivity contribution < 1.29 is 14.2 Å². The molecule has 0 aliphatic rings. The number of nitrogens with one attached hydrogen (secondary N) is 1. The van der Waals surface area contributed by atoms with E-state index >= 15 is 0 Å². The molecule has 1 atom stereocenters. The average Bonchev–Trinajstić information content (AvgIpc) is 2.33. The monoisotopic (exact) mass is 289 g/mol. The summed E-state index contributed by atoms with van der Waals surface area (Å²) in [7, 11) is 0. The molecule has 2 N–H and O–H groups in total. The fourth-order valence-electron chi connectivity index (χ4n) is 1.31. The molecule has 0 radical (unpaired) electrons. The molecule has 5 heteroatoms. The lowest BCUT2D eigenvalue weighted by Crippen LogP contribution is -2.21. The maximum absolute atomic E-state index is 13.8. The lowest BCUT2D eigenvalue weighted by atomic mass is 9.99. The van der Waals surface area contributed by atoms with Crippen LogP contribution in [0, 0.1) is 11.2 Å². The van der Waals surface area contributed by atoms with Crippen molar-refractivity contribution in [3.05, 3.63) is 24.0 Å². The zero-order chi connectivity index (χ0) is 14.5. The van der Waals surface area contributed by atoms with Gasteiger partial charge in [0.2, 0.25) is 0 Å². The molecule has 108 valence electrons. The first-order valence-electron chi connectivity index (χ1n) is 6.22. The van der Waals surface area contributed by atoms with Gasteiger partial charge in [-0.25, -0.2) is 4.39 Å². The maximum Gasteiger partial charge on any atom is 0.167 e. The van der Waals surface area contributed by atoms with Crippen LogP contribution >= 0.6 is 11.6 Å². The number of alkyl halides is 1. The molecular weight excluding hydrogens is 269 g/mol. The molecular formula is C14H21ClFNO2. The molecule has 0 spiro atoms. The quantitative estimate of drug-likeness (QED) is 0.790. The van der Waals surface area contributed by atoms with Gasteiger partial charge in [-0.15, -0.1) is 11.6 Å². The molecule has 19 heavy (non-hydrogen) atoms. The number of aliphatic hydroxyl groups is 1. The van der Waals surface area contributed by atoms with Crippen molar-refractivity contribution in [2.24, 2.45) is 5.41 Å². The third-order valence-electron chi connectivity index (χ3n) is 2.31. The van der Waals surface area contributed by atoms with E-state index in [1.807, 2.05) is 20.8 Å². The Kier molecular flexibility index (Phi) is 5.88. The molecule has 0 heterocycles. The topological polar surface area (TPSA) is 41.5 Å². The van der Waals surface area contributed by atoms with E-state index < -0.39 is 11.9 Å². The van der Waals surface area contributed by atoms with Gasteiger partial charge < -0.3 is 15.2 Å². The summed E-state index contributed by atoms with van der Waals surface area (Å²) in [6, 6.07) is 4.64. The summed E-state index contributed by atoms with van der Waals surface area (Å²) in [5.74, 6) is -0.0459. The predicted molar refractivity (Wildman–Crippen MR) is 76.6 cm³/mol. The van der Waals surface area contributed by atoms with Gasteiger partial charge in [0, 0.05) is 18.3 Å². The highest BCUT2D eigenvalue weighted by Crippen LogP contribution is 2.23. The van der Waals surface area contributed by atoms with Crippen LogP contribution in [0.15, 0.2) is 18.2 Å². The van der Waals surface area contributed by atoms with Crippen LogP contribution < -0.4 is 10.1 Å². The van der Waals surface area contributed by atoms with Gasteiger partial charge in [-0.2, -0.15) is 0 Å². The van der Waals surface area contributed by atoms with E-state index in [-0.39, 0.29) is 23.6 Å². The van der Waals surface area contributed by atoms with Crippen LogP contribution in [0.1, 0.15) is 20.8 Å². The van der Waals surface area contributed by atoms with E-state index in [1.54, 1.807) is 12.1 Å². The first kappa shape index (κ1) is 16.1. The number of hydrogen-bond acceptors (Lipinski definition) is 3. The van der Waals surface area contributed by atoms with Gasteiger partial charge in [-0.05, 0) is 17.5 Å². The Balaban J connectivity index is 2.59. The summed E-state index contributed by atoms with van der Waals surface area (Å²) in [6.45, 7) is 6.80. The fraction of sp³-hybridized carbons (Fsp3) is 0.571. The molecule has 0 saturated heterocycles. The number of ether oxygens (including phenoxy) is 1. The summed E-state index contributed by atoms with van der Waals surface area (Å²) in [5, 5.41) is 12.2. The van der Waals surface area contributed by atoms with Gasteiger partial charge >= 0.3 is 0 Å². The van der Waals surface area contributed by atoms with Crippen molar-refractivity contribution in [1.29, 1.82) is 0 Å². The minimum absolute atomic E-state index is 0.0200. The van der Waals surface area contributed by atoms with Gasteiger partial charge in [0.05, 0.1) is 18.6 Å². The first-order chi connectivity index (χ1) is 8.81. The van der Waals surface area contributed by atoms with Crippen molar-refractivity contribution in [3.8, 4) is 5.75 Å². The zero-order valence-electron chi connectivity index (χ0n) is 11.5. The maximum atomic E-state index is 13.8. The van der Waals surface area contributed by atoms with Gasteiger partial charge in [0.25, 0.3) is 0 Å². The van der Waals surface area contributed by atoms with E-state index in [0.717, 1.165) is 0 Å². The minimum atomic E-state index is -0.651. The van der Waals surface area contributed by atoms with Gasteiger partial charge in [0.15, 0.2) is 11.6 Å². The summed E-state index contributed by atoms with van der Waals surface area (Å²) in [4.78, 5) is 0. The lowest BCUT2D eigenvalue weighted by Gasteiger charge is -2.19. The van der Waals surface area contributed by atoms with Gasteiger partial charge in [-0.3, -0.25) is 0 Å². The van der Waals surface area contributed by atoms with Crippen LogP contribution in [0.5, 0.6) is 5.75 Å². The summed E-state index contributed by atoms with van der Waals surface area (Å²) >= 11 is 5.47. The number of anilines is 1. The second-order valence-corrected chi connectivity index (χ2v) is 5.99. The Morgan fingerprint density at radius 1 is 1.42 bits per heavy atom. The summed E-state index contributed by atoms with van der Waals surface area (Å²) in [5.41, 5.74) is 0.568. The van der Waals surface area contributed by atoms with Crippen molar-refractivity contribution in [1.82, 2.24) is 0 Å². The second-order valence-electron chi connectivity index (χ2n) is 5.68. The lowest BCUT2D eigenvalue weighted by molar-refractivity contribution is 0.191. The molecule has 1 aromatic rings. The molecule has 0 amide bonds. The molecule has 0 saturated carbocycles. The van der Waals surface area contributed by atoms with E-state index in [9.17, 15) is 9.50 Å². The van der Waals surface area contributed by atoms with Crippen LogP contribution in [0.3, 0.4) is 0 Å². The van der Waals surface area contributed by atoms with Gasteiger partial charge in [-0.1, -0.05) is 20.8 Å². The number of benzene rings is 1. The smallest absolute Gasteiger partial charge is 0.167 e. The van der Waals surface area contributed by atoms with E-state index in [2.05, 4.69) is 5.32 Å². The fourth-order valence-corrected chi connectivity index (χ4v) is 1.42. The molecule has 0 aliphatic heterocycles. The highest BCUT2D eigenvalue weighted by molar-refractivity contribution is 6.18. The Morgan fingerprint density at radius 3 is 2.63 bits per heavy atom. The van der Waals surface area contributed by atoms with Gasteiger partial charge in [0.1, 0.15) is 0 Å². The summed E-state index contributed by atoms with van der Waals surface area (Å²) < 4.78 is 19.2. The highest BCUT2D eigenvalue weighted by Gasteiger charge is 2.13. The zero-order valence-corrected chi connectivity index (χ0v) is 12.3. The molecule has 3 nitrogen and oxygen atoms in total. The largest absolute Gasteiger partial charge is 0.490 e. The molecule has 0 aliphatic carbocycles. The molecule has 0 bridgehead atoms. The van der Waals surface area contributed by atoms with Crippen LogP contribution in [-0.4, -0.2) is 30.2 Å². The first-order valence-corrected chi connectivity index (χ1v) is 6.75. The summed E-state index contributed by atoms with van der Waals surface area (Å²) in [6.07, 6.45) is -0.651. The van der Waals surface area contributed by atoms with Crippen LogP contribution in [0.2, 0.25) is 0 Å². The molecule has 1 aromatic carbocycles. The minimum Gasteiger partial charge on any atom is -0.490 e. The van der Waals surface area contributed by atoms with Crippen molar-refractivity contribution in [3.63, 3.8) is 0 Å². The molecule has 0 fully saturated rings. The predicted octanol–water partition coefficient (Wildman–Crippen LogP) is 3.26. The highest BCUT2D eigenvalue weighted by atomic mass is 35.5. The Hall–Kier alpha value is -1.00. The van der Waals surface area contributed by atoms with E-state index in [1.165, 1.54) is 6.07 Å². The second kappa shape index (κ2) is 6.96. The normalized spacial score (nSPS) is 13.2. The van der Waals surface area contributed by atoms with Crippen LogP contribution in [-0.2, 0) is 0 Å². The Bertz CT molecular complexity index is 407. The third kappa shape index (κ3) is 6.12. The number of rotatable bonds is 6. The number of halogens is 2. The van der Waals surface area contributed by atoms with Crippen molar-refractivity contribution in [2.75, 3.05) is 24.3 Å². The standard InChI is InChI=1S/C14H21ClFNO2/c1-14(2,3)9-19-13-5-4-10(6-12(13)16)17-8-11(18)7-15/h4-6,11,17-18H,7-9H2,1-3H3. The average molecular weight is 290 g/mol. The van der Waals surface area contributed by atoms with Crippen molar-refractivity contribution in [2.45, 2.75) is 26.9 Å². The number of hydrogen-bond donors (Lipinski definition) is 2. The molecule has 0 aromatic heterocycles. The van der Waals surface area contributed by atoms with E-state index in [4.69, 9.17) is 16.3 Å². The molecule has 1 unspecified atom stereocenters. The van der Waals surface area contributed by atoms with E-state index in [0.29, 0.717) is 12.3 Å². The van der Waals surface area contributed by atoms with Crippen molar-refractivity contribution >= 4 is 17.3 Å². The Labute approximate surface area is 118 Å². The number of aliphatic hydroxyl groups excluding tert-OH is 1.